The Balaban J connectivity index is 0.000000318. The van der Waals surface area contributed by atoms with Crippen molar-refractivity contribution in [1.29, 1.82) is 0 Å². The topological polar surface area (TPSA) is 0 Å². The van der Waals surface area contributed by atoms with Crippen molar-refractivity contribution in [2.45, 2.75) is 0 Å². The molecule has 2 aliphatic rings. The smallest absolute Gasteiger partial charge is 0.0768 e. The number of hydrogen-bond donors (Lipinski definition) is 0. The second kappa shape index (κ2) is 12.2. The minimum atomic E-state index is 0. The van der Waals surface area contributed by atoms with Crippen LogP contribution < -0.4 is 0 Å². The van der Waals surface area contributed by atoms with E-state index in [1.165, 1.54) is 5.92 Å². The van der Waals surface area contributed by atoms with E-state index in [1.807, 2.05) is 61.2 Å². The molecule has 10 radical (unpaired) electrons. The molecule has 0 nitrogen and oxygen atoms in total. The summed E-state index contributed by atoms with van der Waals surface area (Å²) in [5.41, 5.74) is 0. The van der Waals surface area contributed by atoms with E-state index in [2.05, 4.69) is 41.5 Å². The molecule has 0 unspecified atom stereocenters. The summed E-state index contributed by atoms with van der Waals surface area (Å²) < 4.78 is 1.98. The fraction of sp³-hybridized carbons (Fsp3) is 0. The first-order valence-corrected chi connectivity index (χ1v) is 6.00. The summed E-state index contributed by atoms with van der Waals surface area (Å²) >= 11 is 2.20. The molecule has 0 aromatic rings. The monoisotopic (exact) mass is 364 g/mol. The molecule has 0 N–H and O–H groups in total. The first-order chi connectivity index (χ1) is 7.43. The molecule has 0 aromatic carbocycles. The van der Waals surface area contributed by atoms with Crippen LogP contribution in [0.2, 0.25) is 0 Å². The van der Waals surface area contributed by atoms with Gasteiger partial charge in [-0.1, -0.05) is 40.8 Å². The maximum atomic E-state index is 2.20. The summed E-state index contributed by atoms with van der Waals surface area (Å²) in [6.07, 6.45) is 24.3. The molecule has 0 saturated heterocycles. The molecule has 0 aliphatic heterocycles. The van der Waals surface area contributed by atoms with Crippen molar-refractivity contribution in [2.24, 2.45) is 0 Å². The van der Waals surface area contributed by atoms with E-state index in [4.69, 9.17) is 0 Å². The second-order valence-corrected chi connectivity index (χ2v) is 3.58. The SMILES string of the molecule is I/C=C/C=C/[C]1[CH][CH][CH][CH]1.[CH]1[CH][CH][CH][CH]1.[Fe+2]. The van der Waals surface area contributed by atoms with Crippen LogP contribution in [0.3, 0.4) is 0 Å². The van der Waals surface area contributed by atoms with Crippen LogP contribution >= 0.6 is 22.6 Å². The van der Waals surface area contributed by atoms with Crippen LogP contribution in [-0.2, 0) is 17.1 Å². The van der Waals surface area contributed by atoms with Crippen molar-refractivity contribution >= 4 is 22.6 Å². The van der Waals surface area contributed by atoms with Gasteiger partial charge >= 0.3 is 17.1 Å². The molecule has 2 fully saturated rings. The van der Waals surface area contributed by atoms with Crippen LogP contribution in [0.4, 0.5) is 0 Å². The molecule has 16 heavy (non-hydrogen) atoms. The summed E-state index contributed by atoms with van der Waals surface area (Å²) in [6.45, 7) is 0. The summed E-state index contributed by atoms with van der Waals surface area (Å²) in [4.78, 5) is 0. The number of hydrogen-bond acceptors (Lipinski definition) is 0. The largest absolute Gasteiger partial charge is 2.00 e. The molecule has 0 aromatic heterocycles. The Morgan fingerprint density at radius 3 is 1.69 bits per heavy atom. The Hall–Kier alpha value is 0.729. The Morgan fingerprint density at radius 2 is 1.25 bits per heavy atom. The molecule has 82 valence electrons. The normalized spacial score (nSPS) is 21.1. The molecule has 2 rings (SSSR count). The maximum Gasteiger partial charge on any atom is 2.00 e. The summed E-state index contributed by atoms with van der Waals surface area (Å²) in [5.74, 6) is 1.26. The maximum absolute atomic E-state index is 2.20. The van der Waals surface area contributed by atoms with E-state index in [9.17, 15) is 0 Å². The summed E-state index contributed by atoms with van der Waals surface area (Å²) in [6, 6.07) is 0. The van der Waals surface area contributed by atoms with Crippen molar-refractivity contribution in [3.05, 3.63) is 86.0 Å². The quantitative estimate of drug-likeness (QED) is 0.396. The second-order valence-electron chi connectivity index (χ2n) is 2.86. The van der Waals surface area contributed by atoms with Gasteiger partial charge in [0, 0.05) is 5.92 Å². The fourth-order valence-electron chi connectivity index (χ4n) is 1.03. The van der Waals surface area contributed by atoms with Gasteiger partial charge in [-0.25, -0.2) is 0 Å². The summed E-state index contributed by atoms with van der Waals surface area (Å²) in [7, 11) is 0. The van der Waals surface area contributed by atoms with Crippen LogP contribution in [0, 0.1) is 63.7 Å². The van der Waals surface area contributed by atoms with Crippen molar-refractivity contribution in [2.75, 3.05) is 0 Å². The molecule has 0 spiro atoms. The Bertz CT molecular complexity index is 181. The Kier molecular flexibility index (Phi) is 12.7. The predicted octanol–water partition coefficient (Wildman–Crippen LogP) is 3.92. The average molecular weight is 364 g/mol. The Morgan fingerprint density at radius 1 is 0.750 bits per heavy atom. The zero-order chi connectivity index (χ0) is 10.8. The van der Waals surface area contributed by atoms with E-state index in [0.29, 0.717) is 0 Å². The van der Waals surface area contributed by atoms with Crippen LogP contribution in [0.15, 0.2) is 22.3 Å². The Labute approximate surface area is 125 Å². The van der Waals surface area contributed by atoms with Gasteiger partial charge in [-0.05, 0) is 61.9 Å². The number of allylic oxidation sites excluding steroid dienone is 3. The third-order valence-corrected chi connectivity index (χ3v) is 2.13. The number of halogens is 1. The van der Waals surface area contributed by atoms with Crippen LogP contribution in [-0.4, -0.2) is 0 Å². The van der Waals surface area contributed by atoms with Gasteiger partial charge in [-0.2, -0.15) is 0 Å². The van der Waals surface area contributed by atoms with Crippen molar-refractivity contribution in [1.82, 2.24) is 0 Å². The van der Waals surface area contributed by atoms with E-state index in [-0.39, 0.29) is 17.1 Å². The molecule has 2 heteroatoms. The zero-order valence-electron chi connectivity index (χ0n) is 8.74. The third-order valence-electron chi connectivity index (χ3n) is 1.72. The van der Waals surface area contributed by atoms with E-state index in [0.717, 1.165) is 0 Å². The van der Waals surface area contributed by atoms with Crippen molar-refractivity contribution < 1.29 is 17.1 Å². The van der Waals surface area contributed by atoms with E-state index in [1.54, 1.807) is 0 Å². The van der Waals surface area contributed by atoms with Gasteiger partial charge in [0.25, 0.3) is 0 Å². The minimum Gasteiger partial charge on any atom is -0.0768 e. The molecule has 0 bridgehead atoms. The van der Waals surface area contributed by atoms with Gasteiger partial charge in [0.15, 0.2) is 0 Å². The summed E-state index contributed by atoms with van der Waals surface area (Å²) in [5, 5.41) is 0. The van der Waals surface area contributed by atoms with Gasteiger partial charge in [-0.15, -0.1) is 0 Å². The standard InChI is InChI=1S/C9H8I.C5H5.Fe/c10-8-4-3-7-9-5-1-2-6-9;1-2-4-5-3-1;/h1-8H;1-5H;/q;;+2/b7-3+,8-4+;;. The van der Waals surface area contributed by atoms with Crippen LogP contribution in [0.25, 0.3) is 0 Å². The van der Waals surface area contributed by atoms with E-state index >= 15 is 0 Å². The molecular formula is C14H13FeI+2. The van der Waals surface area contributed by atoms with Gasteiger partial charge in [0.1, 0.15) is 0 Å². The zero-order valence-corrected chi connectivity index (χ0v) is 12.0. The average Bonchev–Trinajstić information content (AvgIpc) is 2.94. The van der Waals surface area contributed by atoms with Crippen molar-refractivity contribution in [3.63, 3.8) is 0 Å². The predicted molar refractivity (Wildman–Crippen MR) is 74.2 cm³/mol. The third kappa shape index (κ3) is 8.83. The number of rotatable bonds is 2. The molecule has 0 heterocycles. The molecule has 2 saturated carbocycles. The molecule has 0 atom stereocenters. The van der Waals surface area contributed by atoms with Crippen molar-refractivity contribution in [3.8, 4) is 0 Å². The van der Waals surface area contributed by atoms with Crippen LogP contribution in [0.1, 0.15) is 0 Å². The molecular weight excluding hydrogens is 351 g/mol. The van der Waals surface area contributed by atoms with Gasteiger partial charge < -0.3 is 0 Å². The fourth-order valence-corrected chi connectivity index (χ4v) is 1.27. The molecule has 2 aliphatic carbocycles. The first kappa shape index (κ1) is 16.7. The minimum absolute atomic E-state index is 0. The van der Waals surface area contributed by atoms with E-state index < -0.39 is 0 Å². The molecule has 0 amide bonds. The van der Waals surface area contributed by atoms with Gasteiger partial charge in [-0.3, -0.25) is 0 Å². The first-order valence-electron chi connectivity index (χ1n) is 4.75. The van der Waals surface area contributed by atoms with Gasteiger partial charge in [0.05, 0.1) is 0 Å². The van der Waals surface area contributed by atoms with Gasteiger partial charge in [0.2, 0.25) is 0 Å². The van der Waals surface area contributed by atoms with Crippen LogP contribution in [0.5, 0.6) is 0 Å².